The molecule has 1 heterocycles. The largest absolute Gasteiger partial charge is 0.489 e. The standard InChI is InChI=1S/C23H31NO2/c1-2-7-22-19-25-17-16-24(22)15-6-8-20-11-13-21(14-12-20)18-26-23-9-4-3-5-10-23/h3-5,9-14,22H,2,6-8,15-19H2,1H3/t22-/m0/s1. The van der Waals surface area contributed by atoms with Crippen LogP contribution in [0.15, 0.2) is 54.6 Å². The fraction of sp³-hybridized carbons (Fsp3) is 0.478. The normalized spacial score (nSPS) is 18.0. The Bertz CT molecular complexity index is 624. The molecular formula is C23H31NO2. The number of nitrogens with zero attached hydrogens (tertiary/aromatic N) is 1. The molecule has 0 N–H and O–H groups in total. The number of ether oxygens (including phenoxy) is 2. The maximum atomic E-state index is 5.81. The highest BCUT2D eigenvalue weighted by atomic mass is 16.5. The number of para-hydroxylation sites is 1. The van der Waals surface area contributed by atoms with Crippen LogP contribution in [0, 0.1) is 0 Å². The molecule has 1 aliphatic heterocycles. The summed E-state index contributed by atoms with van der Waals surface area (Å²) in [4.78, 5) is 2.62. The average molecular weight is 354 g/mol. The van der Waals surface area contributed by atoms with Crippen LogP contribution >= 0.6 is 0 Å². The summed E-state index contributed by atoms with van der Waals surface area (Å²) in [5.41, 5.74) is 2.63. The van der Waals surface area contributed by atoms with Crippen LogP contribution in [0.1, 0.15) is 37.3 Å². The van der Waals surface area contributed by atoms with Gasteiger partial charge in [0.2, 0.25) is 0 Å². The van der Waals surface area contributed by atoms with E-state index in [4.69, 9.17) is 9.47 Å². The molecule has 0 saturated carbocycles. The number of benzene rings is 2. The van der Waals surface area contributed by atoms with Crippen molar-refractivity contribution in [3.63, 3.8) is 0 Å². The van der Waals surface area contributed by atoms with Crippen LogP contribution in [0.4, 0.5) is 0 Å². The molecule has 0 amide bonds. The molecule has 0 bridgehead atoms. The lowest BCUT2D eigenvalue weighted by Gasteiger charge is -2.35. The number of morpholine rings is 1. The van der Waals surface area contributed by atoms with Gasteiger partial charge < -0.3 is 9.47 Å². The van der Waals surface area contributed by atoms with Crippen molar-refractivity contribution < 1.29 is 9.47 Å². The fourth-order valence-electron chi connectivity index (χ4n) is 3.55. The zero-order valence-corrected chi connectivity index (χ0v) is 15.9. The first-order valence-corrected chi connectivity index (χ1v) is 9.92. The summed E-state index contributed by atoms with van der Waals surface area (Å²) in [5.74, 6) is 0.920. The van der Waals surface area contributed by atoms with Crippen LogP contribution in [0.2, 0.25) is 0 Å². The average Bonchev–Trinajstić information content (AvgIpc) is 2.70. The number of hydrogen-bond donors (Lipinski definition) is 0. The van der Waals surface area contributed by atoms with Gasteiger partial charge in [-0.1, -0.05) is 55.8 Å². The Balaban J connectivity index is 1.41. The molecule has 3 nitrogen and oxygen atoms in total. The van der Waals surface area contributed by atoms with E-state index < -0.39 is 0 Å². The third-order valence-corrected chi connectivity index (χ3v) is 5.05. The lowest BCUT2D eigenvalue weighted by atomic mass is 10.1. The lowest BCUT2D eigenvalue weighted by molar-refractivity contribution is -0.0108. The molecule has 2 aromatic carbocycles. The van der Waals surface area contributed by atoms with Gasteiger partial charge in [-0.2, -0.15) is 0 Å². The Hall–Kier alpha value is -1.84. The molecule has 0 unspecified atom stereocenters. The van der Waals surface area contributed by atoms with E-state index in [-0.39, 0.29) is 0 Å². The Morgan fingerprint density at radius 3 is 2.58 bits per heavy atom. The van der Waals surface area contributed by atoms with Crippen molar-refractivity contribution >= 4 is 0 Å². The minimum absolute atomic E-state index is 0.617. The Kier molecular flexibility index (Phi) is 7.53. The lowest BCUT2D eigenvalue weighted by Crippen LogP contribution is -2.45. The van der Waals surface area contributed by atoms with Gasteiger partial charge in [0.15, 0.2) is 0 Å². The number of hydrogen-bond acceptors (Lipinski definition) is 3. The quantitative estimate of drug-likeness (QED) is 0.652. The molecule has 26 heavy (non-hydrogen) atoms. The first kappa shape index (κ1) is 18.9. The smallest absolute Gasteiger partial charge is 0.119 e. The first-order chi connectivity index (χ1) is 12.8. The Morgan fingerprint density at radius 1 is 1.04 bits per heavy atom. The van der Waals surface area contributed by atoms with E-state index in [9.17, 15) is 0 Å². The molecular weight excluding hydrogens is 322 g/mol. The summed E-state index contributed by atoms with van der Waals surface area (Å²) < 4.78 is 11.5. The molecule has 1 atom stereocenters. The highest BCUT2D eigenvalue weighted by molar-refractivity contribution is 5.24. The van der Waals surface area contributed by atoms with Crippen molar-refractivity contribution in [2.45, 2.75) is 45.3 Å². The molecule has 1 saturated heterocycles. The Labute approximate surface area is 157 Å². The molecule has 1 aliphatic rings. The first-order valence-electron chi connectivity index (χ1n) is 9.92. The molecule has 2 aromatic rings. The van der Waals surface area contributed by atoms with Gasteiger partial charge in [0.1, 0.15) is 12.4 Å². The van der Waals surface area contributed by atoms with Gasteiger partial charge in [-0.3, -0.25) is 4.90 Å². The van der Waals surface area contributed by atoms with E-state index >= 15 is 0 Å². The van der Waals surface area contributed by atoms with Crippen molar-refractivity contribution in [1.29, 1.82) is 0 Å². The minimum Gasteiger partial charge on any atom is -0.489 e. The predicted octanol–water partition coefficient (Wildman–Crippen LogP) is 4.70. The van der Waals surface area contributed by atoms with Crippen molar-refractivity contribution in [2.24, 2.45) is 0 Å². The SMILES string of the molecule is CCC[C@H]1COCCN1CCCc1ccc(COc2ccccc2)cc1. The van der Waals surface area contributed by atoms with Gasteiger partial charge in [-0.05, 0) is 49.1 Å². The van der Waals surface area contributed by atoms with Crippen LogP contribution in [-0.4, -0.2) is 37.2 Å². The van der Waals surface area contributed by atoms with Gasteiger partial charge in [0, 0.05) is 12.6 Å². The van der Waals surface area contributed by atoms with Crippen LogP contribution in [0.3, 0.4) is 0 Å². The zero-order chi connectivity index (χ0) is 18.0. The van der Waals surface area contributed by atoms with E-state index in [2.05, 4.69) is 36.1 Å². The van der Waals surface area contributed by atoms with Crippen molar-refractivity contribution in [3.05, 3.63) is 65.7 Å². The maximum absolute atomic E-state index is 5.81. The second-order valence-corrected chi connectivity index (χ2v) is 7.08. The third kappa shape index (κ3) is 5.86. The summed E-state index contributed by atoms with van der Waals surface area (Å²) in [6.45, 7) is 6.93. The number of rotatable bonds is 9. The van der Waals surface area contributed by atoms with Crippen LogP contribution in [0.25, 0.3) is 0 Å². The predicted molar refractivity (Wildman–Crippen MR) is 107 cm³/mol. The van der Waals surface area contributed by atoms with E-state index in [1.807, 2.05) is 30.3 Å². The molecule has 140 valence electrons. The van der Waals surface area contributed by atoms with Crippen LogP contribution in [-0.2, 0) is 17.8 Å². The zero-order valence-electron chi connectivity index (χ0n) is 15.9. The highest BCUT2D eigenvalue weighted by Gasteiger charge is 2.21. The van der Waals surface area contributed by atoms with Crippen LogP contribution < -0.4 is 4.74 Å². The molecule has 0 radical (unpaired) electrons. The van der Waals surface area contributed by atoms with Crippen LogP contribution in [0.5, 0.6) is 5.75 Å². The monoisotopic (exact) mass is 353 g/mol. The molecule has 0 aromatic heterocycles. The molecule has 1 fully saturated rings. The van der Waals surface area contributed by atoms with E-state index in [1.165, 1.54) is 36.9 Å². The molecule has 0 aliphatic carbocycles. The van der Waals surface area contributed by atoms with E-state index in [0.29, 0.717) is 12.6 Å². The minimum atomic E-state index is 0.617. The van der Waals surface area contributed by atoms with E-state index in [0.717, 1.165) is 31.9 Å². The summed E-state index contributed by atoms with van der Waals surface area (Å²) >= 11 is 0. The summed E-state index contributed by atoms with van der Waals surface area (Å²) in [6.07, 6.45) is 4.82. The molecule has 0 spiro atoms. The van der Waals surface area contributed by atoms with Gasteiger partial charge in [0.25, 0.3) is 0 Å². The number of aryl methyl sites for hydroxylation is 1. The third-order valence-electron chi connectivity index (χ3n) is 5.05. The molecule has 3 rings (SSSR count). The second kappa shape index (κ2) is 10.3. The van der Waals surface area contributed by atoms with Gasteiger partial charge >= 0.3 is 0 Å². The summed E-state index contributed by atoms with van der Waals surface area (Å²) in [5, 5.41) is 0. The summed E-state index contributed by atoms with van der Waals surface area (Å²) in [7, 11) is 0. The summed E-state index contributed by atoms with van der Waals surface area (Å²) in [6, 6.07) is 19.5. The second-order valence-electron chi connectivity index (χ2n) is 7.08. The van der Waals surface area contributed by atoms with Gasteiger partial charge in [-0.25, -0.2) is 0 Å². The van der Waals surface area contributed by atoms with E-state index in [1.54, 1.807) is 0 Å². The molecule has 3 heteroatoms. The highest BCUT2D eigenvalue weighted by Crippen LogP contribution is 2.15. The maximum Gasteiger partial charge on any atom is 0.119 e. The van der Waals surface area contributed by atoms with Crippen molar-refractivity contribution in [1.82, 2.24) is 4.90 Å². The van der Waals surface area contributed by atoms with Gasteiger partial charge in [0.05, 0.1) is 13.2 Å². The fourth-order valence-corrected chi connectivity index (χ4v) is 3.55. The van der Waals surface area contributed by atoms with Crippen molar-refractivity contribution in [3.8, 4) is 5.75 Å². The van der Waals surface area contributed by atoms with Gasteiger partial charge in [-0.15, -0.1) is 0 Å². The van der Waals surface area contributed by atoms with Crippen molar-refractivity contribution in [2.75, 3.05) is 26.3 Å². The Morgan fingerprint density at radius 2 is 1.81 bits per heavy atom. The topological polar surface area (TPSA) is 21.7 Å².